The summed E-state index contributed by atoms with van der Waals surface area (Å²) in [6, 6.07) is 9.20. The second kappa shape index (κ2) is 4.20. The first-order valence-electron chi connectivity index (χ1n) is 5.61. The smallest absolute Gasteiger partial charge is 0.337 e. The molecule has 1 N–H and O–H groups in total. The zero-order valence-electron chi connectivity index (χ0n) is 9.75. The van der Waals surface area contributed by atoms with E-state index in [1.165, 1.54) is 24.4 Å². The van der Waals surface area contributed by atoms with Crippen LogP contribution < -0.4 is 0 Å². The van der Waals surface area contributed by atoms with Gasteiger partial charge >= 0.3 is 5.97 Å². The summed E-state index contributed by atoms with van der Waals surface area (Å²) >= 11 is 0. The Labute approximate surface area is 107 Å². The van der Waals surface area contributed by atoms with E-state index < -0.39 is 5.97 Å². The van der Waals surface area contributed by atoms with Crippen molar-refractivity contribution in [3.63, 3.8) is 0 Å². The van der Waals surface area contributed by atoms with Gasteiger partial charge in [-0.05, 0) is 24.3 Å². The molecule has 0 saturated heterocycles. The van der Waals surface area contributed by atoms with Crippen molar-refractivity contribution in [3.05, 3.63) is 60.2 Å². The van der Waals surface area contributed by atoms with E-state index in [-0.39, 0.29) is 11.4 Å². The van der Waals surface area contributed by atoms with Crippen LogP contribution in [0.4, 0.5) is 4.39 Å². The van der Waals surface area contributed by atoms with Gasteiger partial charge in [-0.3, -0.25) is 4.40 Å². The Balaban J connectivity index is 2.24. The molecule has 0 radical (unpaired) electrons. The number of nitrogens with zero attached hydrogens (tertiary/aromatic N) is 2. The van der Waals surface area contributed by atoms with E-state index in [9.17, 15) is 9.18 Å². The van der Waals surface area contributed by atoms with Gasteiger partial charge in [-0.25, -0.2) is 14.2 Å². The maximum Gasteiger partial charge on any atom is 0.337 e. The van der Waals surface area contributed by atoms with Gasteiger partial charge < -0.3 is 5.11 Å². The van der Waals surface area contributed by atoms with Crippen molar-refractivity contribution in [3.8, 4) is 11.4 Å². The molecule has 19 heavy (non-hydrogen) atoms. The molecular weight excluding hydrogens is 247 g/mol. The maximum atomic E-state index is 13.2. The van der Waals surface area contributed by atoms with Crippen molar-refractivity contribution in [1.29, 1.82) is 0 Å². The zero-order valence-corrected chi connectivity index (χ0v) is 9.75. The number of fused-ring (bicyclic) bond motifs is 1. The number of rotatable bonds is 2. The highest BCUT2D eigenvalue weighted by Gasteiger charge is 2.10. The molecule has 5 heteroatoms. The molecule has 0 spiro atoms. The fourth-order valence-corrected chi connectivity index (χ4v) is 1.96. The zero-order chi connectivity index (χ0) is 13.4. The molecule has 0 saturated carbocycles. The van der Waals surface area contributed by atoms with Crippen molar-refractivity contribution in [2.45, 2.75) is 0 Å². The molecule has 1 aromatic carbocycles. The number of pyridine rings is 1. The average molecular weight is 256 g/mol. The van der Waals surface area contributed by atoms with Gasteiger partial charge in [-0.15, -0.1) is 0 Å². The molecule has 0 atom stereocenters. The number of carbonyl (C=O) groups is 1. The van der Waals surface area contributed by atoms with Gasteiger partial charge in [0, 0.05) is 11.8 Å². The molecule has 0 aliphatic heterocycles. The van der Waals surface area contributed by atoms with Gasteiger partial charge in [-0.2, -0.15) is 0 Å². The SMILES string of the molecule is O=C(O)c1ccc2cnc(-c3cccc(F)c3)n2c1. The minimum atomic E-state index is -1.01. The summed E-state index contributed by atoms with van der Waals surface area (Å²) in [7, 11) is 0. The first-order valence-corrected chi connectivity index (χ1v) is 5.61. The van der Waals surface area contributed by atoms with Crippen LogP contribution in [0.5, 0.6) is 0 Å². The maximum absolute atomic E-state index is 13.2. The lowest BCUT2D eigenvalue weighted by Gasteiger charge is -2.03. The molecular formula is C14H9FN2O2. The van der Waals surface area contributed by atoms with E-state index in [1.54, 1.807) is 28.8 Å². The van der Waals surface area contributed by atoms with Gasteiger partial charge in [0.05, 0.1) is 17.3 Å². The fraction of sp³-hybridized carbons (Fsp3) is 0. The van der Waals surface area contributed by atoms with E-state index in [0.29, 0.717) is 11.4 Å². The number of carboxylic acids is 1. The van der Waals surface area contributed by atoms with Crippen LogP contribution in [0.1, 0.15) is 10.4 Å². The third-order valence-electron chi connectivity index (χ3n) is 2.86. The highest BCUT2D eigenvalue weighted by atomic mass is 19.1. The topological polar surface area (TPSA) is 54.6 Å². The molecule has 94 valence electrons. The first kappa shape index (κ1) is 11.4. The lowest BCUT2D eigenvalue weighted by atomic mass is 10.2. The Morgan fingerprint density at radius 3 is 2.84 bits per heavy atom. The average Bonchev–Trinajstić information content (AvgIpc) is 2.81. The number of aromatic carboxylic acids is 1. The summed E-state index contributed by atoms with van der Waals surface area (Å²) in [5.41, 5.74) is 1.51. The predicted molar refractivity (Wildman–Crippen MR) is 67.5 cm³/mol. The van der Waals surface area contributed by atoms with Crippen LogP contribution in [-0.4, -0.2) is 20.5 Å². The van der Waals surface area contributed by atoms with E-state index in [2.05, 4.69) is 4.98 Å². The summed E-state index contributed by atoms with van der Waals surface area (Å²) in [4.78, 5) is 15.2. The highest BCUT2D eigenvalue weighted by molar-refractivity contribution is 5.88. The lowest BCUT2D eigenvalue weighted by Crippen LogP contribution is -1.99. The molecule has 0 amide bonds. The molecule has 0 bridgehead atoms. The summed E-state index contributed by atoms with van der Waals surface area (Å²) in [6.45, 7) is 0. The van der Waals surface area contributed by atoms with E-state index >= 15 is 0 Å². The molecule has 2 aromatic heterocycles. The number of hydrogen-bond acceptors (Lipinski definition) is 2. The van der Waals surface area contributed by atoms with Gasteiger partial charge in [-0.1, -0.05) is 12.1 Å². The third kappa shape index (κ3) is 1.95. The van der Waals surface area contributed by atoms with Crippen molar-refractivity contribution < 1.29 is 14.3 Å². The van der Waals surface area contributed by atoms with Crippen LogP contribution in [0.25, 0.3) is 16.9 Å². The van der Waals surface area contributed by atoms with Crippen molar-refractivity contribution >= 4 is 11.5 Å². The predicted octanol–water partition coefficient (Wildman–Crippen LogP) is 2.84. The van der Waals surface area contributed by atoms with Crippen LogP contribution in [0.2, 0.25) is 0 Å². The molecule has 0 aliphatic carbocycles. The number of carboxylic acid groups (broad SMARTS) is 1. The monoisotopic (exact) mass is 256 g/mol. The second-order valence-corrected chi connectivity index (χ2v) is 4.11. The molecule has 0 aliphatic rings. The minimum absolute atomic E-state index is 0.156. The number of halogens is 1. The Morgan fingerprint density at radius 1 is 1.26 bits per heavy atom. The van der Waals surface area contributed by atoms with Gasteiger partial charge in [0.1, 0.15) is 11.6 Å². The van der Waals surface area contributed by atoms with Crippen LogP contribution in [0, 0.1) is 5.82 Å². The lowest BCUT2D eigenvalue weighted by molar-refractivity contribution is 0.0696. The molecule has 0 fully saturated rings. The Hall–Kier alpha value is -2.69. The molecule has 3 rings (SSSR count). The molecule has 3 aromatic rings. The standard InChI is InChI=1S/C14H9FN2O2/c15-11-3-1-2-9(6-11)13-16-7-12-5-4-10(14(18)19)8-17(12)13/h1-8H,(H,18,19). The Bertz CT molecular complexity index is 780. The quantitative estimate of drug-likeness (QED) is 0.767. The summed E-state index contributed by atoms with van der Waals surface area (Å²) in [6.07, 6.45) is 3.09. The van der Waals surface area contributed by atoms with Crippen LogP contribution in [-0.2, 0) is 0 Å². The van der Waals surface area contributed by atoms with Gasteiger partial charge in [0.2, 0.25) is 0 Å². The minimum Gasteiger partial charge on any atom is -0.478 e. The molecule has 4 nitrogen and oxygen atoms in total. The summed E-state index contributed by atoms with van der Waals surface area (Å²) < 4.78 is 14.9. The number of aromatic nitrogens is 2. The van der Waals surface area contributed by atoms with Gasteiger partial charge in [0.15, 0.2) is 0 Å². The summed E-state index contributed by atoms with van der Waals surface area (Å²) in [5, 5.41) is 8.99. The highest BCUT2D eigenvalue weighted by Crippen LogP contribution is 2.21. The molecule has 0 unspecified atom stereocenters. The van der Waals surface area contributed by atoms with Crippen LogP contribution in [0.15, 0.2) is 48.8 Å². The normalized spacial score (nSPS) is 10.8. The second-order valence-electron chi connectivity index (χ2n) is 4.11. The largest absolute Gasteiger partial charge is 0.478 e. The van der Waals surface area contributed by atoms with E-state index in [1.807, 2.05) is 0 Å². The van der Waals surface area contributed by atoms with Crippen molar-refractivity contribution in [2.75, 3.05) is 0 Å². The number of hydrogen-bond donors (Lipinski definition) is 1. The Morgan fingerprint density at radius 2 is 2.11 bits per heavy atom. The summed E-state index contributed by atoms with van der Waals surface area (Å²) in [5.74, 6) is -0.859. The van der Waals surface area contributed by atoms with Crippen LogP contribution >= 0.6 is 0 Å². The first-order chi connectivity index (χ1) is 9.15. The Kier molecular flexibility index (Phi) is 2.52. The van der Waals surface area contributed by atoms with Crippen molar-refractivity contribution in [1.82, 2.24) is 9.38 Å². The number of benzene rings is 1. The van der Waals surface area contributed by atoms with Gasteiger partial charge in [0.25, 0.3) is 0 Å². The molecule has 2 heterocycles. The fourth-order valence-electron chi connectivity index (χ4n) is 1.96. The van der Waals surface area contributed by atoms with Crippen molar-refractivity contribution in [2.24, 2.45) is 0 Å². The van der Waals surface area contributed by atoms with E-state index in [4.69, 9.17) is 5.11 Å². The third-order valence-corrected chi connectivity index (χ3v) is 2.86. The van der Waals surface area contributed by atoms with E-state index in [0.717, 1.165) is 5.52 Å². The number of imidazole rings is 1. The van der Waals surface area contributed by atoms with Crippen LogP contribution in [0.3, 0.4) is 0 Å².